The van der Waals surface area contributed by atoms with E-state index in [-0.39, 0.29) is 47.3 Å². The number of aliphatic hydroxyl groups excluding tert-OH is 1. The third-order valence-electron chi connectivity index (χ3n) is 12.1. The van der Waals surface area contributed by atoms with Crippen molar-refractivity contribution in [3.63, 3.8) is 0 Å². The van der Waals surface area contributed by atoms with Gasteiger partial charge in [-0.05, 0) is 87.0 Å². The van der Waals surface area contributed by atoms with Gasteiger partial charge in [0.1, 0.15) is 17.0 Å². The van der Waals surface area contributed by atoms with E-state index in [1.807, 2.05) is 30.3 Å². The molecule has 9 heteroatoms. The number of pyridine rings is 1. The molecule has 2 amide bonds. The molecular formula is C42H54N4O5. The number of fused-ring (bicyclic) bond motifs is 1. The van der Waals surface area contributed by atoms with Gasteiger partial charge in [0.25, 0.3) is 11.5 Å². The Morgan fingerprint density at radius 1 is 1.00 bits per heavy atom. The second-order valence-electron chi connectivity index (χ2n) is 15.5. The highest BCUT2D eigenvalue weighted by Crippen LogP contribution is 2.50. The van der Waals surface area contributed by atoms with Gasteiger partial charge in [-0.25, -0.2) is 0 Å². The number of hydrogen-bond donors (Lipinski definition) is 3. The topological polar surface area (TPSA) is 113 Å². The van der Waals surface area contributed by atoms with Gasteiger partial charge in [0.15, 0.2) is 0 Å². The Bertz CT molecular complexity index is 1770. The zero-order valence-corrected chi connectivity index (χ0v) is 30.2. The molecule has 2 saturated carbocycles. The molecule has 4 aliphatic rings. The molecule has 9 nitrogen and oxygen atoms in total. The Morgan fingerprint density at radius 2 is 1.80 bits per heavy atom. The Kier molecular flexibility index (Phi) is 10.7. The lowest BCUT2D eigenvalue weighted by atomic mass is 9.80. The van der Waals surface area contributed by atoms with E-state index in [4.69, 9.17) is 4.74 Å². The van der Waals surface area contributed by atoms with Crippen LogP contribution in [0.1, 0.15) is 124 Å². The van der Waals surface area contributed by atoms with Crippen molar-refractivity contribution in [3.8, 4) is 5.75 Å². The summed E-state index contributed by atoms with van der Waals surface area (Å²) >= 11 is 0. The normalized spacial score (nSPS) is 24.7. The fourth-order valence-electron chi connectivity index (χ4n) is 8.98. The van der Waals surface area contributed by atoms with Crippen molar-refractivity contribution in [2.45, 2.75) is 127 Å². The summed E-state index contributed by atoms with van der Waals surface area (Å²) in [5.41, 5.74) is 3.55. The van der Waals surface area contributed by atoms with Gasteiger partial charge < -0.3 is 29.9 Å². The number of nitrogens with one attached hydrogen (secondary N) is 2. The molecule has 7 rings (SSSR count). The summed E-state index contributed by atoms with van der Waals surface area (Å²) in [5.74, 6) is 0.921. The summed E-state index contributed by atoms with van der Waals surface area (Å²) in [6.45, 7) is 5.19. The quantitative estimate of drug-likeness (QED) is 0.214. The monoisotopic (exact) mass is 694 g/mol. The number of hydrogen-bond acceptors (Lipinski definition) is 6. The van der Waals surface area contributed by atoms with Crippen LogP contribution in [0.5, 0.6) is 5.75 Å². The Morgan fingerprint density at radius 3 is 2.53 bits per heavy atom. The van der Waals surface area contributed by atoms with E-state index in [1.54, 1.807) is 21.7 Å². The molecule has 3 fully saturated rings. The molecule has 2 unspecified atom stereocenters. The average Bonchev–Trinajstić information content (AvgIpc) is 3.81. The number of carbonyl (C=O) groups excluding carboxylic acids is 2. The molecule has 3 aromatic rings. The first-order valence-corrected chi connectivity index (χ1v) is 19.4. The van der Waals surface area contributed by atoms with E-state index >= 15 is 0 Å². The highest BCUT2D eigenvalue weighted by atomic mass is 16.5. The van der Waals surface area contributed by atoms with E-state index in [2.05, 4.69) is 42.7 Å². The molecule has 1 saturated heterocycles. The summed E-state index contributed by atoms with van der Waals surface area (Å²) in [7, 11) is 0. The number of nitrogens with zero attached hydrogens (tertiary/aromatic N) is 2. The van der Waals surface area contributed by atoms with Gasteiger partial charge in [-0.1, -0.05) is 69.2 Å². The minimum absolute atomic E-state index is 0.000234. The number of aromatic nitrogens is 1. The van der Waals surface area contributed by atoms with Crippen molar-refractivity contribution in [2.75, 3.05) is 18.0 Å². The lowest BCUT2D eigenvalue weighted by molar-refractivity contribution is -0.119. The van der Waals surface area contributed by atoms with Crippen LogP contribution in [-0.4, -0.2) is 52.3 Å². The number of aryl methyl sites for hydroxylation is 1. The van der Waals surface area contributed by atoms with Crippen LogP contribution in [0.25, 0.3) is 0 Å². The van der Waals surface area contributed by atoms with Crippen LogP contribution in [0.2, 0.25) is 0 Å². The molecule has 0 bridgehead atoms. The van der Waals surface area contributed by atoms with E-state index in [0.29, 0.717) is 30.9 Å². The predicted octanol–water partition coefficient (Wildman–Crippen LogP) is 6.42. The molecule has 2 aromatic carbocycles. The van der Waals surface area contributed by atoms with Crippen LogP contribution in [0.15, 0.2) is 65.6 Å². The van der Waals surface area contributed by atoms with E-state index in [0.717, 1.165) is 87.5 Å². The largest absolute Gasteiger partial charge is 0.487 e. The fraction of sp³-hybridized carbons (Fsp3) is 0.548. The number of anilines is 1. The molecule has 5 atom stereocenters. The second-order valence-corrected chi connectivity index (χ2v) is 15.5. The molecule has 3 N–H and O–H groups in total. The summed E-state index contributed by atoms with van der Waals surface area (Å²) in [6.07, 6.45) is 12.1. The lowest BCUT2D eigenvalue weighted by Gasteiger charge is -2.43. The maximum Gasteiger partial charge on any atom is 0.274 e. The van der Waals surface area contributed by atoms with Crippen LogP contribution in [0.4, 0.5) is 5.69 Å². The molecule has 2 aliphatic carbocycles. The summed E-state index contributed by atoms with van der Waals surface area (Å²) < 4.78 is 8.45. The Hall–Kier alpha value is -3.95. The lowest BCUT2D eigenvalue weighted by Crippen LogP contribution is -2.51. The van der Waals surface area contributed by atoms with Crippen molar-refractivity contribution in [2.24, 2.45) is 5.92 Å². The van der Waals surface area contributed by atoms with Gasteiger partial charge in [-0.15, -0.1) is 0 Å². The maximum atomic E-state index is 14.2. The van der Waals surface area contributed by atoms with Gasteiger partial charge in [-0.3, -0.25) is 14.4 Å². The first-order chi connectivity index (χ1) is 24.7. The van der Waals surface area contributed by atoms with Crippen LogP contribution in [-0.2, 0) is 17.6 Å². The smallest absolute Gasteiger partial charge is 0.274 e. The predicted molar refractivity (Wildman–Crippen MR) is 199 cm³/mol. The molecule has 272 valence electrons. The van der Waals surface area contributed by atoms with Crippen LogP contribution >= 0.6 is 0 Å². The van der Waals surface area contributed by atoms with Gasteiger partial charge in [0.05, 0.1) is 17.7 Å². The van der Waals surface area contributed by atoms with Gasteiger partial charge in [-0.2, -0.15) is 0 Å². The molecule has 1 aromatic heterocycles. The minimum atomic E-state index is -0.907. The van der Waals surface area contributed by atoms with Gasteiger partial charge >= 0.3 is 0 Å². The van der Waals surface area contributed by atoms with Crippen LogP contribution in [0, 0.1) is 5.92 Å². The molecule has 2 aliphatic heterocycles. The van der Waals surface area contributed by atoms with Crippen molar-refractivity contribution in [1.82, 2.24) is 15.2 Å². The van der Waals surface area contributed by atoms with E-state index < -0.39 is 12.1 Å². The Balaban J connectivity index is 1.15. The Labute approximate surface area is 301 Å². The molecule has 51 heavy (non-hydrogen) atoms. The number of piperidine rings is 1. The molecule has 1 spiro atoms. The second kappa shape index (κ2) is 15.3. The van der Waals surface area contributed by atoms with Crippen LogP contribution < -0.4 is 25.8 Å². The van der Waals surface area contributed by atoms with Crippen molar-refractivity contribution in [3.05, 3.63) is 93.4 Å². The maximum absolute atomic E-state index is 14.2. The van der Waals surface area contributed by atoms with E-state index in [1.165, 1.54) is 5.56 Å². The fourth-order valence-corrected chi connectivity index (χ4v) is 8.98. The minimum Gasteiger partial charge on any atom is -0.487 e. The standard InChI is InChI=1S/C42H54N4O5/c1-3-29-18-19-38-33(22-29)35(25-42(51-38)20-11-12-28(42)2)43-26-37(47)34(23-30-13-5-4-6-14-30)44-40(49)31-24-36(45-21-10-9-17-39(45)48)41(50)46(27-31)32-15-7-8-16-32/h4-6,13-14,18-19,22,24,27-28,32,34-35,37,43,47H,3,7-12,15-17,20-21,23,25-26H2,1-2H3,(H,44,49)/t28?,34-,35-,37+,42?/m0/s1. The zero-order valence-electron chi connectivity index (χ0n) is 30.2. The molecule has 3 heterocycles. The first kappa shape index (κ1) is 35.5. The third kappa shape index (κ3) is 7.51. The third-order valence-corrected chi connectivity index (χ3v) is 12.1. The van der Waals surface area contributed by atoms with Crippen molar-refractivity contribution < 1.29 is 19.4 Å². The van der Waals surface area contributed by atoms with Crippen molar-refractivity contribution >= 4 is 17.5 Å². The first-order valence-electron chi connectivity index (χ1n) is 19.4. The summed E-state index contributed by atoms with van der Waals surface area (Å²) in [6, 6.07) is 17.4. The molecular weight excluding hydrogens is 640 g/mol. The number of aliphatic hydroxyl groups is 1. The van der Waals surface area contributed by atoms with Gasteiger partial charge in [0.2, 0.25) is 5.91 Å². The summed E-state index contributed by atoms with van der Waals surface area (Å²) in [4.78, 5) is 42.6. The van der Waals surface area contributed by atoms with E-state index in [9.17, 15) is 19.5 Å². The summed E-state index contributed by atoms with van der Waals surface area (Å²) in [5, 5.41) is 18.8. The van der Waals surface area contributed by atoms with Crippen LogP contribution in [0.3, 0.4) is 0 Å². The van der Waals surface area contributed by atoms with Crippen molar-refractivity contribution in [1.29, 1.82) is 0 Å². The zero-order chi connectivity index (χ0) is 35.5. The number of rotatable bonds is 11. The number of benzene rings is 2. The van der Waals surface area contributed by atoms with Gasteiger partial charge in [0, 0.05) is 49.8 Å². The molecule has 0 radical (unpaired) electrons. The number of carbonyl (C=O) groups is 2. The average molecular weight is 695 g/mol. The SMILES string of the molecule is CCc1ccc2c(c1)[C@@H](NC[C@@H](O)[C@H](Cc1ccccc1)NC(=O)c1cc(N3CCCCC3=O)c(=O)n(C3CCCC3)c1)CC1(CCCC1C)O2. The highest BCUT2D eigenvalue weighted by molar-refractivity contribution is 5.98. The number of ether oxygens (including phenoxy) is 1. The number of amides is 2. The highest BCUT2D eigenvalue weighted by Gasteiger charge is 2.48.